The first-order valence-electron chi connectivity index (χ1n) is 10.7. The number of phosphoric ester groups is 1. The first-order chi connectivity index (χ1) is 16.7. The van der Waals surface area contributed by atoms with Crippen LogP contribution in [0.4, 0.5) is 10.5 Å². The normalized spacial score (nSPS) is 18.8. The van der Waals surface area contributed by atoms with Crippen molar-refractivity contribution in [3.05, 3.63) is 53.9 Å². The maximum absolute atomic E-state index is 12.4. The Morgan fingerprint density at radius 1 is 1.23 bits per heavy atom. The molecule has 35 heavy (non-hydrogen) atoms. The maximum Gasteiger partial charge on any atom is 0.470 e. The van der Waals surface area contributed by atoms with Crippen LogP contribution in [0.5, 0.6) is 0 Å². The average molecular weight is 500 g/mol. The molecule has 13 heteroatoms. The third-order valence-corrected chi connectivity index (χ3v) is 6.29. The van der Waals surface area contributed by atoms with Crippen LogP contribution in [0.3, 0.4) is 0 Å². The van der Waals surface area contributed by atoms with E-state index in [0.29, 0.717) is 17.8 Å². The van der Waals surface area contributed by atoms with Crippen LogP contribution in [-0.4, -0.2) is 50.6 Å². The number of amides is 2. The lowest BCUT2D eigenvalue weighted by molar-refractivity contribution is -0.119. The summed E-state index contributed by atoms with van der Waals surface area (Å²) in [5.74, 6) is -0.0201. The summed E-state index contributed by atoms with van der Waals surface area (Å²) >= 11 is 0. The smallest absolute Gasteiger partial charge is 0.442 e. The Hall–Kier alpha value is -3.57. The summed E-state index contributed by atoms with van der Waals surface area (Å²) in [6.45, 7) is 1.28. The number of ether oxygens (including phenoxy) is 1. The number of carbonyl (C=O) groups is 2. The standard InChI is InChI=1S/C22H21N4O8P/c1-12(27)23-10-21-20-7-15-6-13(3-5-19(15)26(20)22(28)33-21)14-2-4-17(24-9-14)18-8-16(34-25-18)11-32-35(29,30)31/h2-6,8-9,20-21H,7,10-11H2,1H3,(H,23,27)(H2,29,30,31)/t20-,21-/m0/s1. The molecule has 0 aliphatic carbocycles. The van der Waals surface area contributed by atoms with Crippen molar-refractivity contribution in [2.75, 3.05) is 11.4 Å². The average Bonchev–Trinajstić information content (AvgIpc) is 3.51. The van der Waals surface area contributed by atoms with Crippen LogP contribution in [-0.2, 0) is 31.6 Å². The van der Waals surface area contributed by atoms with E-state index in [0.717, 1.165) is 22.4 Å². The summed E-state index contributed by atoms with van der Waals surface area (Å²) in [6, 6.07) is 10.8. The number of hydrogen-bond acceptors (Lipinski definition) is 8. The Morgan fingerprint density at radius 3 is 2.74 bits per heavy atom. The van der Waals surface area contributed by atoms with Crippen LogP contribution in [0.15, 0.2) is 47.1 Å². The third kappa shape index (κ3) is 4.82. The molecule has 5 rings (SSSR count). The van der Waals surface area contributed by atoms with E-state index >= 15 is 0 Å². The van der Waals surface area contributed by atoms with Gasteiger partial charge in [0.1, 0.15) is 18.4 Å². The van der Waals surface area contributed by atoms with Gasteiger partial charge in [0.15, 0.2) is 5.76 Å². The number of fused-ring (bicyclic) bond motifs is 3. The summed E-state index contributed by atoms with van der Waals surface area (Å²) in [7, 11) is -4.61. The van der Waals surface area contributed by atoms with E-state index in [1.807, 2.05) is 24.3 Å². The minimum atomic E-state index is -4.61. The maximum atomic E-state index is 12.4. The molecule has 0 saturated carbocycles. The Balaban J connectivity index is 1.31. The molecule has 2 amide bonds. The van der Waals surface area contributed by atoms with E-state index in [2.05, 4.69) is 20.0 Å². The zero-order valence-electron chi connectivity index (χ0n) is 18.5. The minimum absolute atomic E-state index is 0.156. The van der Waals surface area contributed by atoms with Gasteiger partial charge in [0, 0.05) is 24.8 Å². The summed E-state index contributed by atoms with van der Waals surface area (Å²) in [6.07, 6.45) is 1.47. The highest BCUT2D eigenvalue weighted by atomic mass is 31.2. The van der Waals surface area contributed by atoms with Gasteiger partial charge in [0.25, 0.3) is 0 Å². The van der Waals surface area contributed by atoms with Crippen molar-refractivity contribution in [1.29, 1.82) is 0 Å². The number of benzene rings is 1. The largest absolute Gasteiger partial charge is 0.470 e. The van der Waals surface area contributed by atoms with Crippen LogP contribution in [0, 0.1) is 0 Å². The van der Waals surface area contributed by atoms with E-state index < -0.39 is 26.6 Å². The Labute approximate surface area is 199 Å². The predicted molar refractivity (Wildman–Crippen MR) is 121 cm³/mol. The van der Waals surface area contributed by atoms with Crippen molar-refractivity contribution in [2.45, 2.75) is 32.1 Å². The number of rotatable bonds is 7. The van der Waals surface area contributed by atoms with Gasteiger partial charge in [-0.05, 0) is 35.7 Å². The summed E-state index contributed by atoms with van der Waals surface area (Å²) in [5, 5.41) is 6.58. The molecule has 3 N–H and O–H groups in total. The zero-order chi connectivity index (χ0) is 24.7. The fourth-order valence-electron chi connectivity index (χ4n) is 4.24. The van der Waals surface area contributed by atoms with Crippen molar-refractivity contribution in [2.24, 2.45) is 0 Å². The number of nitrogens with one attached hydrogen (secondary N) is 1. The highest BCUT2D eigenvalue weighted by Crippen LogP contribution is 2.40. The molecule has 182 valence electrons. The van der Waals surface area contributed by atoms with E-state index in [1.165, 1.54) is 13.0 Å². The van der Waals surface area contributed by atoms with Gasteiger partial charge in [-0.15, -0.1) is 0 Å². The molecule has 2 aliphatic heterocycles. The highest BCUT2D eigenvalue weighted by molar-refractivity contribution is 7.46. The van der Waals surface area contributed by atoms with Crippen molar-refractivity contribution >= 4 is 25.5 Å². The molecule has 0 spiro atoms. The molecule has 1 fully saturated rings. The molecule has 0 radical (unpaired) electrons. The van der Waals surface area contributed by atoms with Gasteiger partial charge in [0.2, 0.25) is 5.91 Å². The quantitative estimate of drug-likeness (QED) is 0.410. The zero-order valence-corrected chi connectivity index (χ0v) is 19.3. The second-order valence-electron chi connectivity index (χ2n) is 8.22. The Morgan fingerprint density at radius 2 is 2.03 bits per heavy atom. The summed E-state index contributed by atoms with van der Waals surface area (Å²) in [5.41, 5.74) is 4.50. The molecule has 2 atom stereocenters. The van der Waals surface area contributed by atoms with Crippen molar-refractivity contribution in [3.8, 4) is 22.5 Å². The SMILES string of the molecule is CC(=O)NC[C@@H]1OC(=O)N2c3ccc(-c4ccc(-c5cc(COP(=O)(O)O)on5)nc4)cc3C[C@@H]12. The fraction of sp³-hybridized carbons (Fsp3) is 0.273. The van der Waals surface area contributed by atoms with E-state index in [4.69, 9.17) is 19.0 Å². The Bertz CT molecular complexity index is 1340. The lowest BCUT2D eigenvalue weighted by Gasteiger charge is -2.16. The Kier molecular flexibility index (Phi) is 5.89. The number of phosphoric acid groups is 1. The fourth-order valence-corrected chi connectivity index (χ4v) is 4.54. The van der Waals surface area contributed by atoms with E-state index in [1.54, 1.807) is 17.2 Å². The van der Waals surface area contributed by atoms with Crippen molar-refractivity contribution < 1.29 is 37.7 Å². The molecular weight excluding hydrogens is 479 g/mol. The topological polar surface area (TPSA) is 164 Å². The number of carbonyl (C=O) groups excluding carboxylic acids is 2. The molecular formula is C22H21N4O8P. The third-order valence-electron chi connectivity index (χ3n) is 5.82. The number of cyclic esters (lactones) is 1. The molecule has 12 nitrogen and oxygen atoms in total. The van der Waals surface area contributed by atoms with E-state index in [9.17, 15) is 14.2 Å². The number of pyridine rings is 1. The minimum Gasteiger partial charge on any atom is -0.442 e. The van der Waals surface area contributed by atoms with Crippen LogP contribution in [0.2, 0.25) is 0 Å². The monoisotopic (exact) mass is 500 g/mol. The van der Waals surface area contributed by atoms with Gasteiger partial charge >= 0.3 is 13.9 Å². The van der Waals surface area contributed by atoms with Crippen molar-refractivity contribution in [3.63, 3.8) is 0 Å². The number of aromatic nitrogens is 2. The van der Waals surface area contributed by atoms with Crippen LogP contribution in [0.1, 0.15) is 18.2 Å². The predicted octanol–water partition coefficient (Wildman–Crippen LogP) is 2.40. The lowest BCUT2D eigenvalue weighted by Crippen LogP contribution is -2.40. The van der Waals surface area contributed by atoms with Crippen molar-refractivity contribution in [1.82, 2.24) is 15.5 Å². The van der Waals surface area contributed by atoms with Gasteiger partial charge in [-0.1, -0.05) is 17.3 Å². The van der Waals surface area contributed by atoms with Crippen LogP contribution in [0.25, 0.3) is 22.5 Å². The molecule has 3 aromatic rings. The van der Waals surface area contributed by atoms with Gasteiger partial charge in [-0.25, -0.2) is 9.36 Å². The molecule has 4 heterocycles. The summed E-state index contributed by atoms with van der Waals surface area (Å²) < 4.78 is 25.7. The van der Waals surface area contributed by atoms with Crippen LogP contribution >= 0.6 is 7.82 Å². The van der Waals surface area contributed by atoms with Gasteiger partial charge in [-0.3, -0.25) is 19.2 Å². The molecule has 0 bridgehead atoms. The first-order valence-corrected chi connectivity index (χ1v) is 12.2. The molecule has 2 aliphatic rings. The van der Waals surface area contributed by atoms with Gasteiger partial charge in [0.05, 0.1) is 24.0 Å². The molecule has 0 unspecified atom stereocenters. The molecule has 1 saturated heterocycles. The van der Waals surface area contributed by atoms with Gasteiger partial charge in [-0.2, -0.15) is 0 Å². The highest BCUT2D eigenvalue weighted by Gasteiger charge is 2.47. The van der Waals surface area contributed by atoms with Gasteiger partial charge < -0.3 is 24.4 Å². The number of hydrogen-bond donors (Lipinski definition) is 3. The second kappa shape index (κ2) is 8.90. The van der Waals surface area contributed by atoms with Crippen LogP contribution < -0.4 is 10.2 Å². The second-order valence-corrected chi connectivity index (χ2v) is 9.46. The lowest BCUT2D eigenvalue weighted by atomic mass is 10.0. The van der Waals surface area contributed by atoms with E-state index in [-0.39, 0.29) is 24.3 Å². The summed E-state index contributed by atoms with van der Waals surface area (Å²) in [4.78, 5) is 47.3. The number of nitrogens with zero attached hydrogens (tertiary/aromatic N) is 3. The number of anilines is 1. The molecule has 2 aromatic heterocycles. The first kappa shape index (κ1) is 23.2. The molecule has 1 aromatic carbocycles.